The van der Waals surface area contributed by atoms with Crippen LogP contribution in [0.3, 0.4) is 0 Å². The van der Waals surface area contributed by atoms with Gasteiger partial charge in [0, 0.05) is 6.42 Å². The first-order valence-corrected chi connectivity index (χ1v) is 6.12. The molecule has 4 nitrogen and oxygen atoms in total. The summed E-state index contributed by atoms with van der Waals surface area (Å²) in [6, 6.07) is 7.05. The fraction of sp³-hybridized carbons (Fsp3) is 0.500. The number of hydrogen-bond acceptors (Lipinski definition) is 4. The Kier molecular flexibility index (Phi) is 3.57. The Bertz CT molecular complexity index is 426. The number of aryl methyl sites for hydroxylation is 1. The van der Waals surface area contributed by atoms with Gasteiger partial charge in [-0.2, -0.15) is 0 Å². The molecule has 18 heavy (non-hydrogen) atoms. The Morgan fingerprint density at radius 1 is 1.39 bits per heavy atom. The Hall–Kier alpha value is -1.55. The molecule has 2 N–H and O–H groups in total. The number of hydrogen-bond donors (Lipinski definition) is 2. The van der Waals surface area contributed by atoms with Gasteiger partial charge < -0.3 is 14.9 Å². The van der Waals surface area contributed by atoms with Crippen molar-refractivity contribution < 1.29 is 19.7 Å². The third-order valence-corrected chi connectivity index (χ3v) is 3.46. The van der Waals surface area contributed by atoms with E-state index < -0.39 is 6.29 Å². The molecule has 0 aliphatic carbocycles. The number of esters is 1. The summed E-state index contributed by atoms with van der Waals surface area (Å²) in [7, 11) is 0. The van der Waals surface area contributed by atoms with Crippen LogP contribution in [0.1, 0.15) is 31.7 Å². The highest BCUT2D eigenvalue weighted by Gasteiger charge is 2.36. The van der Waals surface area contributed by atoms with Crippen LogP contribution < -0.4 is 0 Å². The maximum atomic E-state index is 11.3. The summed E-state index contributed by atoms with van der Waals surface area (Å²) in [4.78, 5) is 11.3. The van der Waals surface area contributed by atoms with Gasteiger partial charge in [0.05, 0.1) is 6.42 Å². The number of benzene rings is 1. The molecule has 0 saturated carbocycles. The molecule has 1 aliphatic heterocycles. The molecule has 1 aromatic rings. The summed E-state index contributed by atoms with van der Waals surface area (Å²) in [5, 5.41) is 18.7. The molecule has 98 valence electrons. The second kappa shape index (κ2) is 4.98. The summed E-state index contributed by atoms with van der Waals surface area (Å²) >= 11 is 0. The van der Waals surface area contributed by atoms with Gasteiger partial charge in [0.2, 0.25) is 6.29 Å². The van der Waals surface area contributed by atoms with Crippen molar-refractivity contribution in [3.05, 3.63) is 29.8 Å². The fourth-order valence-electron chi connectivity index (χ4n) is 2.38. The standard InChI is InChI=1S/C14H18O4/c1-14(8-12(16)18-13(17)9-14)7-6-10-2-4-11(15)5-3-10/h2-5,12,15-16H,6-9H2,1H3. The molecule has 1 fully saturated rings. The van der Waals surface area contributed by atoms with Gasteiger partial charge in [-0.3, -0.25) is 4.79 Å². The fourth-order valence-corrected chi connectivity index (χ4v) is 2.38. The topological polar surface area (TPSA) is 66.8 Å². The van der Waals surface area contributed by atoms with Gasteiger partial charge in [0.25, 0.3) is 0 Å². The van der Waals surface area contributed by atoms with Crippen molar-refractivity contribution in [2.24, 2.45) is 5.41 Å². The van der Waals surface area contributed by atoms with Crippen molar-refractivity contribution in [1.29, 1.82) is 0 Å². The third kappa shape index (κ3) is 3.23. The highest BCUT2D eigenvalue weighted by molar-refractivity contribution is 5.71. The van der Waals surface area contributed by atoms with E-state index in [0.29, 0.717) is 12.8 Å². The van der Waals surface area contributed by atoms with Crippen molar-refractivity contribution in [2.75, 3.05) is 0 Å². The molecular formula is C14H18O4. The molecule has 1 saturated heterocycles. The smallest absolute Gasteiger partial charge is 0.308 e. The lowest BCUT2D eigenvalue weighted by atomic mass is 9.77. The molecule has 2 unspecified atom stereocenters. The van der Waals surface area contributed by atoms with Crippen molar-refractivity contribution >= 4 is 5.97 Å². The number of carbonyl (C=O) groups excluding carboxylic acids is 1. The Labute approximate surface area is 106 Å². The van der Waals surface area contributed by atoms with Crippen LogP contribution in [0.15, 0.2) is 24.3 Å². The molecule has 0 bridgehead atoms. The molecule has 2 rings (SSSR count). The molecule has 2 atom stereocenters. The van der Waals surface area contributed by atoms with Crippen LogP contribution in [0.25, 0.3) is 0 Å². The zero-order valence-corrected chi connectivity index (χ0v) is 10.4. The van der Waals surface area contributed by atoms with E-state index in [1.807, 2.05) is 19.1 Å². The van der Waals surface area contributed by atoms with E-state index in [2.05, 4.69) is 0 Å². The summed E-state index contributed by atoms with van der Waals surface area (Å²) in [6.45, 7) is 2.00. The summed E-state index contributed by atoms with van der Waals surface area (Å²) in [5.74, 6) is -0.0800. The molecule has 0 spiro atoms. The number of rotatable bonds is 3. The second-order valence-electron chi connectivity index (χ2n) is 5.30. The maximum Gasteiger partial charge on any atom is 0.308 e. The molecular weight excluding hydrogens is 232 g/mol. The Balaban J connectivity index is 1.96. The van der Waals surface area contributed by atoms with E-state index in [0.717, 1.165) is 18.4 Å². The second-order valence-corrected chi connectivity index (χ2v) is 5.30. The molecule has 0 aromatic heterocycles. The molecule has 4 heteroatoms. The summed E-state index contributed by atoms with van der Waals surface area (Å²) in [6.07, 6.45) is 1.48. The van der Waals surface area contributed by atoms with Gasteiger partial charge in [-0.05, 0) is 36.0 Å². The number of phenolic OH excluding ortho intramolecular Hbond substituents is 1. The number of ether oxygens (including phenoxy) is 1. The van der Waals surface area contributed by atoms with Crippen LogP contribution in [0.5, 0.6) is 5.75 Å². The van der Waals surface area contributed by atoms with Crippen LogP contribution >= 0.6 is 0 Å². The van der Waals surface area contributed by atoms with Gasteiger partial charge >= 0.3 is 5.97 Å². The average molecular weight is 250 g/mol. The van der Waals surface area contributed by atoms with Crippen molar-refractivity contribution in [1.82, 2.24) is 0 Å². The monoisotopic (exact) mass is 250 g/mol. The van der Waals surface area contributed by atoms with E-state index in [4.69, 9.17) is 4.74 Å². The van der Waals surface area contributed by atoms with Crippen LogP contribution in [0.4, 0.5) is 0 Å². The number of phenols is 1. The molecule has 0 amide bonds. The van der Waals surface area contributed by atoms with E-state index in [-0.39, 0.29) is 17.1 Å². The highest BCUT2D eigenvalue weighted by Crippen LogP contribution is 2.37. The van der Waals surface area contributed by atoms with Crippen molar-refractivity contribution in [3.63, 3.8) is 0 Å². The number of cyclic esters (lactones) is 1. The van der Waals surface area contributed by atoms with Gasteiger partial charge in [-0.25, -0.2) is 0 Å². The highest BCUT2D eigenvalue weighted by atomic mass is 16.6. The zero-order valence-electron chi connectivity index (χ0n) is 10.4. The number of aliphatic hydroxyl groups excluding tert-OH is 1. The van der Waals surface area contributed by atoms with Gasteiger partial charge in [-0.1, -0.05) is 19.1 Å². The predicted octanol–water partition coefficient (Wildman–Crippen LogP) is 1.99. The molecule has 0 radical (unpaired) electrons. The predicted molar refractivity (Wildman–Crippen MR) is 65.9 cm³/mol. The average Bonchev–Trinajstić information content (AvgIpc) is 2.26. The largest absolute Gasteiger partial charge is 0.508 e. The first-order valence-electron chi connectivity index (χ1n) is 6.12. The first-order chi connectivity index (χ1) is 8.47. The van der Waals surface area contributed by atoms with Gasteiger partial charge in [0.15, 0.2) is 0 Å². The first kappa shape index (κ1) is 12.9. The lowest BCUT2D eigenvalue weighted by Crippen LogP contribution is -2.36. The number of aromatic hydroxyl groups is 1. The van der Waals surface area contributed by atoms with Crippen molar-refractivity contribution in [2.45, 2.75) is 38.9 Å². The van der Waals surface area contributed by atoms with Crippen LogP contribution in [0, 0.1) is 5.41 Å². The van der Waals surface area contributed by atoms with Crippen molar-refractivity contribution in [3.8, 4) is 5.75 Å². The van der Waals surface area contributed by atoms with Crippen LogP contribution in [0.2, 0.25) is 0 Å². The Morgan fingerprint density at radius 3 is 2.67 bits per heavy atom. The third-order valence-electron chi connectivity index (χ3n) is 3.46. The molecule has 1 heterocycles. The minimum atomic E-state index is -0.976. The van der Waals surface area contributed by atoms with E-state index >= 15 is 0 Å². The number of carbonyl (C=O) groups is 1. The van der Waals surface area contributed by atoms with Crippen LogP contribution in [-0.2, 0) is 16.0 Å². The SMILES string of the molecule is CC1(CCc2ccc(O)cc2)CC(=O)OC(O)C1. The van der Waals surface area contributed by atoms with Crippen LogP contribution in [-0.4, -0.2) is 22.5 Å². The Morgan fingerprint density at radius 2 is 2.06 bits per heavy atom. The summed E-state index contributed by atoms with van der Waals surface area (Å²) < 4.78 is 4.73. The molecule has 1 aliphatic rings. The normalized spacial score (nSPS) is 27.9. The quantitative estimate of drug-likeness (QED) is 0.805. The van der Waals surface area contributed by atoms with E-state index in [1.165, 1.54) is 0 Å². The van der Waals surface area contributed by atoms with E-state index in [9.17, 15) is 15.0 Å². The summed E-state index contributed by atoms with van der Waals surface area (Å²) in [5.41, 5.74) is 0.898. The zero-order chi connectivity index (χ0) is 13.2. The lowest BCUT2D eigenvalue weighted by Gasteiger charge is -2.35. The molecule has 1 aromatic carbocycles. The number of aliphatic hydroxyl groups is 1. The van der Waals surface area contributed by atoms with Gasteiger partial charge in [-0.15, -0.1) is 0 Å². The van der Waals surface area contributed by atoms with E-state index in [1.54, 1.807) is 12.1 Å². The minimum Gasteiger partial charge on any atom is -0.508 e. The maximum absolute atomic E-state index is 11.3. The van der Waals surface area contributed by atoms with Gasteiger partial charge in [0.1, 0.15) is 5.75 Å². The lowest BCUT2D eigenvalue weighted by molar-refractivity contribution is -0.189. The minimum absolute atomic E-state index is 0.216.